The summed E-state index contributed by atoms with van der Waals surface area (Å²) in [4.78, 5) is 0. The molecule has 0 spiro atoms. The first-order valence-electron chi connectivity index (χ1n) is 4.13. The van der Waals surface area contributed by atoms with Crippen molar-refractivity contribution in [2.45, 2.75) is 6.61 Å². The van der Waals surface area contributed by atoms with Gasteiger partial charge in [-0.3, -0.25) is 0 Å². The Bertz CT molecular complexity index is 435. The van der Waals surface area contributed by atoms with E-state index in [0.717, 1.165) is 16.3 Å². The fraction of sp³-hybridized carbons (Fsp3) is 0.0909. The van der Waals surface area contributed by atoms with E-state index in [0.29, 0.717) is 0 Å². The minimum atomic E-state index is 0.00424. The summed E-state index contributed by atoms with van der Waals surface area (Å²) < 4.78 is 0. The summed E-state index contributed by atoms with van der Waals surface area (Å²) in [7, 11) is 0. The Hall–Kier alpha value is -1.54. The Morgan fingerprint density at radius 2 is 1.92 bits per heavy atom. The van der Waals surface area contributed by atoms with Gasteiger partial charge < -0.3 is 10.2 Å². The molecule has 0 aliphatic carbocycles. The van der Waals surface area contributed by atoms with E-state index in [1.165, 1.54) is 0 Å². The standard InChI is InChI=1S/C11H10O2/c12-7-8-4-5-9-2-1-3-11(13)10(9)6-8/h1-6,12-13H,7H2. The SMILES string of the molecule is OCc1ccc2cccc(O)c2c1. The van der Waals surface area contributed by atoms with E-state index in [1.807, 2.05) is 18.2 Å². The molecule has 0 saturated carbocycles. The number of phenols is 1. The zero-order valence-electron chi connectivity index (χ0n) is 7.07. The van der Waals surface area contributed by atoms with Gasteiger partial charge in [0.1, 0.15) is 5.75 Å². The molecule has 2 aromatic rings. The van der Waals surface area contributed by atoms with Crippen LogP contribution in [-0.2, 0) is 6.61 Å². The fourth-order valence-corrected chi connectivity index (χ4v) is 1.40. The molecule has 0 bridgehead atoms. The fourth-order valence-electron chi connectivity index (χ4n) is 1.40. The molecular formula is C11H10O2. The van der Waals surface area contributed by atoms with Crippen molar-refractivity contribution < 1.29 is 10.2 Å². The first-order valence-corrected chi connectivity index (χ1v) is 4.13. The number of aromatic hydroxyl groups is 1. The van der Waals surface area contributed by atoms with Gasteiger partial charge in [0.05, 0.1) is 6.61 Å². The van der Waals surface area contributed by atoms with E-state index in [4.69, 9.17) is 5.11 Å². The molecule has 0 atom stereocenters. The van der Waals surface area contributed by atoms with E-state index >= 15 is 0 Å². The zero-order chi connectivity index (χ0) is 9.26. The average molecular weight is 174 g/mol. The quantitative estimate of drug-likeness (QED) is 0.694. The lowest BCUT2D eigenvalue weighted by molar-refractivity contribution is 0.282. The van der Waals surface area contributed by atoms with Crippen LogP contribution in [0.15, 0.2) is 36.4 Å². The van der Waals surface area contributed by atoms with Crippen LogP contribution in [0.1, 0.15) is 5.56 Å². The van der Waals surface area contributed by atoms with Gasteiger partial charge in [0.2, 0.25) is 0 Å². The van der Waals surface area contributed by atoms with Crippen molar-refractivity contribution in [2.24, 2.45) is 0 Å². The minimum Gasteiger partial charge on any atom is -0.507 e. The summed E-state index contributed by atoms with van der Waals surface area (Å²) in [6.45, 7) is 0.00424. The molecule has 0 amide bonds. The summed E-state index contributed by atoms with van der Waals surface area (Å²) in [5.74, 6) is 0.257. The maximum atomic E-state index is 9.51. The van der Waals surface area contributed by atoms with E-state index in [-0.39, 0.29) is 12.4 Å². The number of hydrogen-bond donors (Lipinski definition) is 2. The number of benzene rings is 2. The highest BCUT2D eigenvalue weighted by Crippen LogP contribution is 2.24. The third-order valence-electron chi connectivity index (χ3n) is 2.11. The Kier molecular flexibility index (Phi) is 1.91. The highest BCUT2D eigenvalue weighted by molar-refractivity contribution is 5.88. The number of aliphatic hydroxyl groups is 1. The number of rotatable bonds is 1. The van der Waals surface area contributed by atoms with Crippen LogP contribution in [0.25, 0.3) is 10.8 Å². The Labute approximate surface area is 76.1 Å². The summed E-state index contributed by atoms with van der Waals surface area (Å²) in [6, 6.07) is 10.9. The van der Waals surface area contributed by atoms with E-state index < -0.39 is 0 Å². The molecule has 13 heavy (non-hydrogen) atoms. The maximum Gasteiger partial charge on any atom is 0.123 e. The molecule has 0 aliphatic rings. The van der Waals surface area contributed by atoms with Crippen LogP contribution in [-0.4, -0.2) is 10.2 Å². The van der Waals surface area contributed by atoms with Crippen LogP contribution in [0.2, 0.25) is 0 Å². The molecule has 0 aromatic heterocycles. The average Bonchev–Trinajstić information content (AvgIpc) is 2.18. The zero-order valence-corrected chi connectivity index (χ0v) is 7.07. The molecule has 66 valence electrons. The third kappa shape index (κ3) is 1.36. The van der Waals surface area contributed by atoms with Crippen LogP contribution in [0.3, 0.4) is 0 Å². The highest BCUT2D eigenvalue weighted by Gasteiger charge is 1.99. The molecule has 0 fully saturated rings. The van der Waals surface area contributed by atoms with Gasteiger partial charge in [0, 0.05) is 5.39 Å². The molecule has 0 saturated heterocycles. The van der Waals surface area contributed by atoms with Gasteiger partial charge in [0.15, 0.2) is 0 Å². The maximum absolute atomic E-state index is 9.51. The van der Waals surface area contributed by atoms with Crippen molar-refractivity contribution in [3.05, 3.63) is 42.0 Å². The molecule has 2 N–H and O–H groups in total. The number of fused-ring (bicyclic) bond motifs is 1. The Balaban J connectivity index is 2.74. The molecule has 0 unspecified atom stereocenters. The molecule has 2 rings (SSSR count). The van der Waals surface area contributed by atoms with Gasteiger partial charge >= 0.3 is 0 Å². The van der Waals surface area contributed by atoms with Gasteiger partial charge in [0.25, 0.3) is 0 Å². The predicted octanol–water partition coefficient (Wildman–Crippen LogP) is 2.04. The van der Waals surface area contributed by atoms with Crippen LogP contribution >= 0.6 is 0 Å². The van der Waals surface area contributed by atoms with Gasteiger partial charge in [-0.1, -0.05) is 24.3 Å². The number of aliphatic hydroxyl groups excluding tert-OH is 1. The van der Waals surface area contributed by atoms with Crippen LogP contribution in [0.4, 0.5) is 0 Å². The van der Waals surface area contributed by atoms with Crippen molar-refractivity contribution in [3.8, 4) is 5.75 Å². The van der Waals surface area contributed by atoms with E-state index in [1.54, 1.807) is 18.2 Å². The highest BCUT2D eigenvalue weighted by atomic mass is 16.3. The molecule has 2 aromatic carbocycles. The van der Waals surface area contributed by atoms with Crippen molar-refractivity contribution in [2.75, 3.05) is 0 Å². The summed E-state index contributed by atoms with van der Waals surface area (Å²) in [5, 5.41) is 20.2. The van der Waals surface area contributed by atoms with Crippen LogP contribution in [0, 0.1) is 0 Å². The van der Waals surface area contributed by atoms with Gasteiger partial charge in [-0.25, -0.2) is 0 Å². The normalized spacial score (nSPS) is 10.5. The van der Waals surface area contributed by atoms with Crippen molar-refractivity contribution >= 4 is 10.8 Å². The Morgan fingerprint density at radius 3 is 2.69 bits per heavy atom. The van der Waals surface area contributed by atoms with Crippen molar-refractivity contribution in [1.82, 2.24) is 0 Å². The monoisotopic (exact) mass is 174 g/mol. The molecule has 2 heteroatoms. The second-order valence-electron chi connectivity index (χ2n) is 2.99. The largest absolute Gasteiger partial charge is 0.507 e. The van der Waals surface area contributed by atoms with Gasteiger partial charge in [-0.2, -0.15) is 0 Å². The summed E-state index contributed by atoms with van der Waals surface area (Å²) >= 11 is 0. The predicted molar refractivity (Wildman–Crippen MR) is 51.5 cm³/mol. The number of hydrogen-bond acceptors (Lipinski definition) is 2. The van der Waals surface area contributed by atoms with E-state index in [9.17, 15) is 5.11 Å². The molecule has 2 nitrogen and oxygen atoms in total. The smallest absolute Gasteiger partial charge is 0.123 e. The topological polar surface area (TPSA) is 40.5 Å². The van der Waals surface area contributed by atoms with Crippen LogP contribution < -0.4 is 0 Å². The molecule has 0 heterocycles. The van der Waals surface area contributed by atoms with Gasteiger partial charge in [-0.15, -0.1) is 0 Å². The second-order valence-corrected chi connectivity index (χ2v) is 2.99. The Morgan fingerprint density at radius 1 is 1.08 bits per heavy atom. The summed E-state index contributed by atoms with van der Waals surface area (Å²) in [5.41, 5.74) is 0.814. The molecule has 0 radical (unpaired) electrons. The van der Waals surface area contributed by atoms with Crippen molar-refractivity contribution in [3.63, 3.8) is 0 Å². The molecule has 0 aliphatic heterocycles. The first kappa shape index (κ1) is 8.08. The lowest BCUT2D eigenvalue weighted by atomic mass is 10.1. The third-order valence-corrected chi connectivity index (χ3v) is 2.11. The summed E-state index contributed by atoms with van der Waals surface area (Å²) in [6.07, 6.45) is 0. The first-order chi connectivity index (χ1) is 6.31. The van der Waals surface area contributed by atoms with E-state index in [2.05, 4.69) is 0 Å². The molecular weight excluding hydrogens is 164 g/mol. The minimum absolute atomic E-state index is 0.00424. The lowest BCUT2D eigenvalue weighted by Gasteiger charge is -2.02. The number of phenolic OH excluding ortho intramolecular Hbond substituents is 1. The lowest BCUT2D eigenvalue weighted by Crippen LogP contribution is -1.82. The van der Waals surface area contributed by atoms with Gasteiger partial charge in [-0.05, 0) is 23.1 Å². The van der Waals surface area contributed by atoms with Crippen LogP contribution in [0.5, 0.6) is 5.75 Å². The van der Waals surface area contributed by atoms with Crippen molar-refractivity contribution in [1.29, 1.82) is 0 Å². The second kappa shape index (κ2) is 3.07.